The zero-order valence-corrected chi connectivity index (χ0v) is 13.1. The van der Waals surface area contributed by atoms with E-state index in [2.05, 4.69) is 21.4 Å². The van der Waals surface area contributed by atoms with Gasteiger partial charge >= 0.3 is 11.1 Å². The number of nitriles is 1. The molecule has 0 amide bonds. The Balaban J connectivity index is 1.61. The third kappa shape index (κ3) is 2.53. The maximum atomic E-state index is 12.3. The van der Waals surface area contributed by atoms with Gasteiger partial charge in [0.2, 0.25) is 0 Å². The first-order valence-electron chi connectivity index (χ1n) is 7.68. The minimum atomic E-state index is -0.840. The molecule has 9 heteroatoms. The van der Waals surface area contributed by atoms with E-state index in [1.54, 1.807) is 35.4 Å². The molecule has 3 heterocycles. The molecule has 0 unspecified atom stereocenters. The van der Waals surface area contributed by atoms with Gasteiger partial charge in [-0.1, -0.05) is 5.21 Å². The molecular weight excluding hydrogens is 322 g/mol. The van der Waals surface area contributed by atoms with Crippen LogP contribution in [-0.4, -0.2) is 29.1 Å². The van der Waals surface area contributed by atoms with Crippen LogP contribution in [0, 0.1) is 11.3 Å². The van der Waals surface area contributed by atoms with Crippen molar-refractivity contribution in [2.75, 3.05) is 0 Å². The van der Waals surface area contributed by atoms with E-state index in [1.807, 2.05) is 0 Å². The summed E-state index contributed by atoms with van der Waals surface area (Å²) in [5, 5.41) is 16.8. The molecule has 0 saturated heterocycles. The van der Waals surface area contributed by atoms with Crippen LogP contribution in [0.5, 0.6) is 0 Å². The molecule has 1 aliphatic rings. The van der Waals surface area contributed by atoms with Crippen LogP contribution in [-0.2, 0) is 12.1 Å². The lowest BCUT2D eigenvalue weighted by molar-refractivity contribution is 0.555. The number of pyridine rings is 1. The van der Waals surface area contributed by atoms with Crippen LogP contribution in [0.3, 0.4) is 0 Å². The predicted octanol–water partition coefficient (Wildman–Crippen LogP) is 0.0467. The first-order valence-corrected chi connectivity index (χ1v) is 7.68. The van der Waals surface area contributed by atoms with E-state index >= 15 is 0 Å². The summed E-state index contributed by atoms with van der Waals surface area (Å²) in [5.74, 6) is 0. The molecule has 0 spiro atoms. The smallest absolute Gasteiger partial charge is 0.303 e. The molecule has 0 bridgehead atoms. The van der Waals surface area contributed by atoms with Crippen molar-refractivity contribution < 1.29 is 0 Å². The van der Waals surface area contributed by atoms with Crippen molar-refractivity contribution in [1.82, 2.24) is 29.1 Å². The summed E-state index contributed by atoms with van der Waals surface area (Å²) < 4.78 is 4.11. The Morgan fingerprint density at radius 2 is 2.00 bits per heavy atom. The normalized spacial score (nSPS) is 14.8. The molecular formula is C16H13N7O2. The van der Waals surface area contributed by atoms with Crippen LogP contribution in [0.15, 0.2) is 52.7 Å². The predicted molar refractivity (Wildman–Crippen MR) is 86.0 cm³/mol. The molecule has 0 atom stereocenters. The highest BCUT2D eigenvalue weighted by molar-refractivity contribution is 5.28. The Morgan fingerprint density at radius 3 is 2.60 bits per heavy atom. The van der Waals surface area contributed by atoms with E-state index in [0.29, 0.717) is 18.5 Å². The second kappa shape index (κ2) is 5.52. The van der Waals surface area contributed by atoms with Crippen molar-refractivity contribution in [3.63, 3.8) is 0 Å². The van der Waals surface area contributed by atoms with E-state index in [-0.39, 0.29) is 6.54 Å². The molecule has 25 heavy (non-hydrogen) atoms. The summed E-state index contributed by atoms with van der Waals surface area (Å²) in [7, 11) is 0. The molecule has 0 N–H and O–H groups in total. The molecule has 1 saturated carbocycles. The van der Waals surface area contributed by atoms with Crippen molar-refractivity contribution in [1.29, 1.82) is 5.26 Å². The number of rotatable bonds is 4. The fraction of sp³-hybridized carbons (Fsp3) is 0.250. The quantitative estimate of drug-likeness (QED) is 0.623. The van der Waals surface area contributed by atoms with E-state index in [0.717, 1.165) is 5.69 Å². The zero-order valence-electron chi connectivity index (χ0n) is 13.1. The average Bonchev–Trinajstić information content (AvgIpc) is 3.23. The van der Waals surface area contributed by atoms with Gasteiger partial charge in [-0.05, 0) is 25.0 Å². The van der Waals surface area contributed by atoms with Gasteiger partial charge in [-0.2, -0.15) is 5.26 Å². The van der Waals surface area contributed by atoms with E-state index in [9.17, 15) is 14.9 Å². The van der Waals surface area contributed by atoms with Gasteiger partial charge in [-0.15, -0.1) is 5.10 Å². The SMILES string of the molecule is N#CC1(n2ccn(Cc3ccc(-n4ccnn4)cn3)c(=O)c2=O)CC1. The van der Waals surface area contributed by atoms with Crippen LogP contribution in [0.1, 0.15) is 18.5 Å². The summed E-state index contributed by atoms with van der Waals surface area (Å²) >= 11 is 0. The Labute approximate surface area is 141 Å². The molecule has 3 aromatic heterocycles. The largest absolute Gasteiger partial charge is 0.317 e. The standard InChI is InChI=1S/C16H13N7O2/c17-11-16(3-4-16)22-8-7-21(14(24)15(22)25)10-12-1-2-13(9-18-12)23-6-5-19-20-23/h1-2,5-9H,3-4,10H2. The Morgan fingerprint density at radius 1 is 1.16 bits per heavy atom. The number of aromatic nitrogens is 6. The van der Waals surface area contributed by atoms with Gasteiger partial charge in [0.15, 0.2) is 0 Å². The van der Waals surface area contributed by atoms with Crippen molar-refractivity contribution in [3.8, 4) is 11.8 Å². The van der Waals surface area contributed by atoms with Crippen LogP contribution in [0.25, 0.3) is 5.69 Å². The average molecular weight is 335 g/mol. The van der Waals surface area contributed by atoms with E-state index < -0.39 is 16.7 Å². The minimum Gasteiger partial charge on any atom is -0.303 e. The highest BCUT2D eigenvalue weighted by atomic mass is 16.2. The lowest BCUT2D eigenvalue weighted by atomic mass is 10.3. The molecule has 9 nitrogen and oxygen atoms in total. The van der Waals surface area contributed by atoms with Crippen molar-refractivity contribution in [2.24, 2.45) is 0 Å². The number of nitrogens with zero attached hydrogens (tertiary/aromatic N) is 7. The fourth-order valence-electron chi connectivity index (χ4n) is 2.66. The highest BCUT2D eigenvalue weighted by Crippen LogP contribution is 2.41. The fourth-order valence-corrected chi connectivity index (χ4v) is 2.66. The van der Waals surface area contributed by atoms with Gasteiger partial charge < -0.3 is 4.57 Å². The summed E-state index contributed by atoms with van der Waals surface area (Å²) in [6.45, 7) is 0.173. The Hall–Kier alpha value is -3.54. The van der Waals surface area contributed by atoms with Gasteiger partial charge in [0.1, 0.15) is 5.54 Å². The third-order valence-electron chi connectivity index (χ3n) is 4.28. The third-order valence-corrected chi connectivity index (χ3v) is 4.28. The van der Waals surface area contributed by atoms with E-state index in [1.165, 1.54) is 21.5 Å². The van der Waals surface area contributed by atoms with Gasteiger partial charge in [0.25, 0.3) is 0 Å². The maximum absolute atomic E-state index is 12.3. The summed E-state index contributed by atoms with van der Waals surface area (Å²) in [6, 6.07) is 5.67. The second-order valence-electron chi connectivity index (χ2n) is 5.91. The Kier molecular flexibility index (Phi) is 3.32. The molecule has 124 valence electrons. The molecule has 3 aromatic rings. The zero-order chi connectivity index (χ0) is 17.4. The number of hydrogen-bond acceptors (Lipinski definition) is 6. The van der Waals surface area contributed by atoms with Gasteiger partial charge in [-0.25, -0.2) is 4.68 Å². The van der Waals surface area contributed by atoms with Gasteiger partial charge in [0, 0.05) is 12.4 Å². The van der Waals surface area contributed by atoms with Crippen molar-refractivity contribution in [2.45, 2.75) is 24.9 Å². The van der Waals surface area contributed by atoms with Crippen LogP contribution >= 0.6 is 0 Å². The lowest BCUT2D eigenvalue weighted by Gasteiger charge is -2.12. The minimum absolute atomic E-state index is 0.173. The number of hydrogen-bond donors (Lipinski definition) is 0. The highest BCUT2D eigenvalue weighted by Gasteiger charge is 2.46. The molecule has 1 fully saturated rings. The molecule has 4 rings (SSSR count). The first-order chi connectivity index (χ1) is 12.1. The van der Waals surface area contributed by atoms with Crippen molar-refractivity contribution >= 4 is 0 Å². The topological polar surface area (TPSA) is 111 Å². The lowest BCUT2D eigenvalue weighted by Crippen LogP contribution is -2.44. The van der Waals surface area contributed by atoms with Gasteiger partial charge in [-0.3, -0.25) is 19.1 Å². The van der Waals surface area contributed by atoms with Gasteiger partial charge in [0.05, 0.1) is 42.6 Å². The maximum Gasteiger partial charge on any atom is 0.317 e. The monoisotopic (exact) mass is 335 g/mol. The summed E-state index contributed by atoms with van der Waals surface area (Å²) in [5.41, 5.74) is -0.808. The van der Waals surface area contributed by atoms with Crippen molar-refractivity contribution in [3.05, 3.63) is 69.5 Å². The van der Waals surface area contributed by atoms with E-state index in [4.69, 9.17) is 0 Å². The molecule has 0 aliphatic heterocycles. The molecule has 1 aliphatic carbocycles. The first kappa shape index (κ1) is 15.0. The van der Waals surface area contributed by atoms with Crippen LogP contribution < -0.4 is 11.1 Å². The molecule has 0 radical (unpaired) electrons. The summed E-state index contributed by atoms with van der Waals surface area (Å²) in [4.78, 5) is 28.9. The second-order valence-corrected chi connectivity index (χ2v) is 5.91. The Bertz CT molecular complexity index is 1070. The van der Waals surface area contributed by atoms with Crippen LogP contribution in [0.4, 0.5) is 0 Å². The summed E-state index contributed by atoms with van der Waals surface area (Å²) in [6.07, 6.45) is 9.10. The molecule has 0 aromatic carbocycles. The van der Waals surface area contributed by atoms with Crippen LogP contribution in [0.2, 0.25) is 0 Å².